The Hall–Kier alpha value is -1.03. The number of benzene rings is 2. The fourth-order valence-corrected chi connectivity index (χ4v) is 2.91. The minimum Gasteiger partial charge on any atom is -0.309 e. The first kappa shape index (κ1) is 14.4. The normalized spacial score (nSPS) is 12.4. The van der Waals surface area contributed by atoms with Crippen molar-refractivity contribution < 1.29 is 4.39 Å². The molecule has 0 amide bonds. The summed E-state index contributed by atoms with van der Waals surface area (Å²) in [6.45, 7) is 0. The highest BCUT2D eigenvalue weighted by atomic mass is 35.5. The number of rotatable bonds is 4. The van der Waals surface area contributed by atoms with Crippen LogP contribution >= 0.6 is 23.4 Å². The largest absolute Gasteiger partial charge is 0.309 e. The van der Waals surface area contributed by atoms with Gasteiger partial charge in [-0.15, -0.1) is 11.8 Å². The SMILES string of the molecule is CNC(c1ccc(Cl)cc1F)c1ccccc1SC. The number of hydrogen-bond acceptors (Lipinski definition) is 2. The Morgan fingerprint density at radius 2 is 1.89 bits per heavy atom. The molecule has 0 radical (unpaired) electrons. The first-order chi connectivity index (χ1) is 9.17. The van der Waals surface area contributed by atoms with Gasteiger partial charge in [-0.25, -0.2) is 4.39 Å². The summed E-state index contributed by atoms with van der Waals surface area (Å²) in [6.07, 6.45) is 2.02. The van der Waals surface area contributed by atoms with Gasteiger partial charge in [0.1, 0.15) is 5.82 Å². The molecule has 100 valence electrons. The summed E-state index contributed by atoms with van der Waals surface area (Å²) in [4.78, 5) is 1.14. The van der Waals surface area contributed by atoms with Crippen LogP contribution in [-0.2, 0) is 0 Å². The highest BCUT2D eigenvalue weighted by Crippen LogP contribution is 2.31. The van der Waals surface area contributed by atoms with Gasteiger partial charge in [-0.2, -0.15) is 0 Å². The molecule has 0 fully saturated rings. The smallest absolute Gasteiger partial charge is 0.129 e. The summed E-state index contributed by atoms with van der Waals surface area (Å²) < 4.78 is 14.1. The van der Waals surface area contributed by atoms with E-state index in [0.717, 1.165) is 10.5 Å². The van der Waals surface area contributed by atoms with Crippen molar-refractivity contribution in [2.45, 2.75) is 10.9 Å². The molecule has 0 spiro atoms. The Balaban J connectivity index is 2.50. The molecule has 4 heteroatoms. The van der Waals surface area contributed by atoms with Gasteiger partial charge in [-0.05, 0) is 37.1 Å². The van der Waals surface area contributed by atoms with Gasteiger partial charge in [0.05, 0.1) is 6.04 Å². The maximum atomic E-state index is 14.1. The molecule has 2 rings (SSSR count). The summed E-state index contributed by atoms with van der Waals surface area (Å²) in [5.41, 5.74) is 1.67. The van der Waals surface area contributed by atoms with Crippen molar-refractivity contribution in [1.82, 2.24) is 5.32 Å². The molecule has 0 heterocycles. The van der Waals surface area contributed by atoms with Gasteiger partial charge in [0.15, 0.2) is 0 Å². The molecule has 2 aromatic carbocycles. The van der Waals surface area contributed by atoms with Crippen molar-refractivity contribution in [1.29, 1.82) is 0 Å². The summed E-state index contributed by atoms with van der Waals surface area (Å²) in [5, 5.41) is 3.58. The van der Waals surface area contributed by atoms with E-state index < -0.39 is 0 Å². The van der Waals surface area contributed by atoms with Crippen LogP contribution < -0.4 is 5.32 Å². The average molecular weight is 296 g/mol. The van der Waals surface area contributed by atoms with E-state index in [4.69, 9.17) is 11.6 Å². The zero-order valence-corrected chi connectivity index (χ0v) is 12.4. The maximum absolute atomic E-state index is 14.1. The molecule has 19 heavy (non-hydrogen) atoms. The van der Waals surface area contributed by atoms with Crippen LogP contribution in [0.25, 0.3) is 0 Å². The van der Waals surface area contributed by atoms with Crippen molar-refractivity contribution in [2.75, 3.05) is 13.3 Å². The molecule has 1 N–H and O–H groups in total. The van der Waals surface area contributed by atoms with E-state index in [1.165, 1.54) is 6.07 Å². The van der Waals surface area contributed by atoms with Crippen LogP contribution in [-0.4, -0.2) is 13.3 Å². The zero-order valence-electron chi connectivity index (χ0n) is 10.8. The van der Waals surface area contributed by atoms with Gasteiger partial charge in [0.2, 0.25) is 0 Å². The van der Waals surface area contributed by atoms with Crippen LogP contribution in [0.5, 0.6) is 0 Å². The zero-order chi connectivity index (χ0) is 13.8. The molecular weight excluding hydrogens is 281 g/mol. The van der Waals surface area contributed by atoms with Gasteiger partial charge < -0.3 is 5.32 Å². The predicted molar refractivity (Wildman–Crippen MR) is 80.5 cm³/mol. The van der Waals surface area contributed by atoms with Crippen molar-refractivity contribution >= 4 is 23.4 Å². The first-order valence-corrected chi connectivity index (χ1v) is 7.52. The summed E-state index contributed by atoms with van der Waals surface area (Å²) >= 11 is 7.46. The third-order valence-electron chi connectivity index (χ3n) is 3.01. The van der Waals surface area contributed by atoms with Crippen molar-refractivity contribution in [3.8, 4) is 0 Å². The molecule has 2 aromatic rings. The topological polar surface area (TPSA) is 12.0 Å². The Morgan fingerprint density at radius 1 is 1.16 bits per heavy atom. The van der Waals surface area contributed by atoms with Crippen LogP contribution in [0.1, 0.15) is 17.2 Å². The first-order valence-electron chi connectivity index (χ1n) is 5.92. The fraction of sp³-hybridized carbons (Fsp3) is 0.200. The number of hydrogen-bond donors (Lipinski definition) is 1. The lowest BCUT2D eigenvalue weighted by molar-refractivity contribution is 0.573. The lowest BCUT2D eigenvalue weighted by Crippen LogP contribution is -2.19. The molecule has 0 aliphatic rings. The van der Waals surface area contributed by atoms with E-state index in [2.05, 4.69) is 5.32 Å². The number of halogens is 2. The molecule has 1 atom stereocenters. The lowest BCUT2D eigenvalue weighted by Gasteiger charge is -2.20. The van der Waals surface area contributed by atoms with E-state index in [1.54, 1.807) is 23.9 Å². The Labute approximate surface area is 122 Å². The molecule has 0 aliphatic heterocycles. The molecule has 0 saturated carbocycles. The predicted octanol–water partition coefficient (Wildman–Crippen LogP) is 4.51. The molecule has 0 aliphatic carbocycles. The third kappa shape index (κ3) is 3.11. The molecule has 0 bridgehead atoms. The Kier molecular flexibility index (Phi) is 4.86. The third-order valence-corrected chi connectivity index (χ3v) is 4.06. The quantitative estimate of drug-likeness (QED) is 0.833. The molecule has 1 unspecified atom stereocenters. The van der Waals surface area contributed by atoms with E-state index in [9.17, 15) is 4.39 Å². The van der Waals surface area contributed by atoms with Crippen LogP contribution in [0.3, 0.4) is 0 Å². The minimum absolute atomic E-state index is 0.180. The van der Waals surface area contributed by atoms with Crippen LogP contribution in [0.2, 0.25) is 5.02 Å². The van der Waals surface area contributed by atoms with Gasteiger partial charge in [0.25, 0.3) is 0 Å². The van der Waals surface area contributed by atoms with E-state index in [0.29, 0.717) is 10.6 Å². The highest BCUT2D eigenvalue weighted by molar-refractivity contribution is 7.98. The molecule has 0 saturated heterocycles. The maximum Gasteiger partial charge on any atom is 0.129 e. The van der Waals surface area contributed by atoms with Crippen LogP contribution in [0, 0.1) is 5.82 Å². The second-order valence-electron chi connectivity index (χ2n) is 4.13. The summed E-state index contributed by atoms with van der Waals surface area (Å²) in [5.74, 6) is -0.289. The number of nitrogens with one attached hydrogen (secondary N) is 1. The number of thioether (sulfide) groups is 1. The van der Waals surface area contributed by atoms with Crippen molar-refractivity contribution in [3.05, 3.63) is 64.4 Å². The summed E-state index contributed by atoms with van der Waals surface area (Å²) in [6, 6.07) is 12.6. The second kappa shape index (κ2) is 6.42. The van der Waals surface area contributed by atoms with E-state index in [1.807, 2.05) is 37.6 Å². The fourth-order valence-electron chi connectivity index (χ4n) is 2.12. The Bertz CT molecular complexity index is 574. The van der Waals surface area contributed by atoms with Crippen molar-refractivity contribution in [3.63, 3.8) is 0 Å². The molecule has 1 nitrogen and oxygen atoms in total. The van der Waals surface area contributed by atoms with E-state index >= 15 is 0 Å². The van der Waals surface area contributed by atoms with Gasteiger partial charge in [-0.3, -0.25) is 0 Å². The standard InChI is InChI=1S/C15H15ClFNS/c1-18-15(11-8-7-10(16)9-13(11)17)12-5-3-4-6-14(12)19-2/h3-9,15,18H,1-2H3. The van der Waals surface area contributed by atoms with Crippen LogP contribution in [0.4, 0.5) is 4.39 Å². The van der Waals surface area contributed by atoms with Crippen LogP contribution in [0.15, 0.2) is 47.4 Å². The average Bonchev–Trinajstić information content (AvgIpc) is 2.42. The van der Waals surface area contributed by atoms with Gasteiger partial charge in [0, 0.05) is 15.5 Å². The second-order valence-corrected chi connectivity index (χ2v) is 5.41. The van der Waals surface area contributed by atoms with Gasteiger partial charge in [-0.1, -0.05) is 35.9 Å². The monoisotopic (exact) mass is 295 g/mol. The molecule has 0 aromatic heterocycles. The van der Waals surface area contributed by atoms with Crippen molar-refractivity contribution in [2.24, 2.45) is 0 Å². The minimum atomic E-state index is -0.289. The Morgan fingerprint density at radius 3 is 2.53 bits per heavy atom. The van der Waals surface area contributed by atoms with E-state index in [-0.39, 0.29) is 11.9 Å². The van der Waals surface area contributed by atoms with Gasteiger partial charge >= 0.3 is 0 Å². The lowest BCUT2D eigenvalue weighted by atomic mass is 9.98. The summed E-state index contributed by atoms with van der Waals surface area (Å²) in [7, 11) is 1.83. The highest BCUT2D eigenvalue weighted by Gasteiger charge is 2.18. The molecular formula is C15H15ClFNS.